The number of rotatable bonds is 8. The highest BCUT2D eigenvalue weighted by Gasteiger charge is 2.15. The Kier molecular flexibility index (Phi) is 6.52. The van der Waals surface area contributed by atoms with Gasteiger partial charge in [0.1, 0.15) is 0 Å². The first-order valence-corrected chi connectivity index (χ1v) is 5.50. The SMILES string of the molecule is CC(CC(N)=O)NCCCC(C)(C)CO. The van der Waals surface area contributed by atoms with E-state index in [1.54, 1.807) is 0 Å². The van der Waals surface area contributed by atoms with Gasteiger partial charge in [-0.3, -0.25) is 4.79 Å². The molecule has 0 saturated carbocycles. The molecule has 0 heterocycles. The van der Waals surface area contributed by atoms with E-state index in [0.717, 1.165) is 19.4 Å². The second-order valence-corrected chi connectivity index (χ2v) is 4.95. The Balaban J connectivity index is 3.50. The highest BCUT2D eigenvalue weighted by atomic mass is 16.3. The van der Waals surface area contributed by atoms with Crippen molar-refractivity contribution in [1.29, 1.82) is 0 Å². The van der Waals surface area contributed by atoms with E-state index in [4.69, 9.17) is 10.8 Å². The minimum atomic E-state index is -0.273. The first-order valence-electron chi connectivity index (χ1n) is 5.50. The van der Waals surface area contributed by atoms with Gasteiger partial charge in [0, 0.05) is 19.1 Å². The van der Waals surface area contributed by atoms with Crippen molar-refractivity contribution in [2.45, 2.75) is 46.1 Å². The number of hydrogen-bond acceptors (Lipinski definition) is 3. The first kappa shape index (κ1) is 14.4. The maximum Gasteiger partial charge on any atom is 0.218 e. The number of nitrogens with two attached hydrogens (primary N) is 1. The average Bonchev–Trinajstić information content (AvgIpc) is 2.11. The molecule has 1 atom stereocenters. The molecule has 1 amide bonds. The Morgan fingerprint density at radius 3 is 2.60 bits per heavy atom. The smallest absolute Gasteiger partial charge is 0.218 e. The van der Waals surface area contributed by atoms with E-state index in [9.17, 15) is 4.79 Å². The van der Waals surface area contributed by atoms with Crippen LogP contribution in [-0.4, -0.2) is 30.2 Å². The molecule has 0 aromatic heterocycles. The molecule has 4 heteroatoms. The Labute approximate surface area is 92.2 Å². The molecule has 0 radical (unpaired) electrons. The Bertz CT molecular complexity index is 193. The molecule has 4 nitrogen and oxygen atoms in total. The molecule has 4 N–H and O–H groups in total. The number of nitrogens with one attached hydrogen (secondary N) is 1. The molecule has 0 saturated heterocycles. The third-order valence-electron chi connectivity index (χ3n) is 2.46. The number of aliphatic hydroxyl groups excluding tert-OH is 1. The van der Waals surface area contributed by atoms with Gasteiger partial charge in [0.25, 0.3) is 0 Å². The molecule has 15 heavy (non-hydrogen) atoms. The van der Waals surface area contributed by atoms with Crippen molar-refractivity contribution in [2.75, 3.05) is 13.2 Å². The van der Waals surface area contributed by atoms with Gasteiger partial charge in [-0.2, -0.15) is 0 Å². The summed E-state index contributed by atoms with van der Waals surface area (Å²) in [6, 6.07) is 0.139. The van der Waals surface area contributed by atoms with E-state index >= 15 is 0 Å². The van der Waals surface area contributed by atoms with Crippen LogP contribution in [-0.2, 0) is 4.79 Å². The predicted molar refractivity (Wildman–Crippen MR) is 61.4 cm³/mol. The lowest BCUT2D eigenvalue weighted by molar-refractivity contribution is -0.118. The summed E-state index contributed by atoms with van der Waals surface area (Å²) < 4.78 is 0. The summed E-state index contributed by atoms with van der Waals surface area (Å²) in [5.41, 5.74) is 5.07. The zero-order valence-electron chi connectivity index (χ0n) is 10.0. The van der Waals surface area contributed by atoms with Crippen molar-refractivity contribution in [1.82, 2.24) is 5.32 Å². The summed E-state index contributed by atoms with van der Waals surface area (Å²) >= 11 is 0. The van der Waals surface area contributed by atoms with Crippen LogP contribution in [0.25, 0.3) is 0 Å². The zero-order chi connectivity index (χ0) is 11.9. The van der Waals surface area contributed by atoms with Crippen molar-refractivity contribution in [2.24, 2.45) is 11.1 Å². The van der Waals surface area contributed by atoms with Gasteiger partial charge < -0.3 is 16.2 Å². The predicted octanol–water partition coefficient (Wildman–Crippen LogP) is 0.639. The number of aliphatic hydroxyl groups is 1. The number of carbonyl (C=O) groups is 1. The Morgan fingerprint density at radius 2 is 2.13 bits per heavy atom. The van der Waals surface area contributed by atoms with Crippen LogP contribution in [0.5, 0.6) is 0 Å². The zero-order valence-corrected chi connectivity index (χ0v) is 10.0. The van der Waals surface area contributed by atoms with E-state index in [0.29, 0.717) is 6.42 Å². The van der Waals surface area contributed by atoms with Gasteiger partial charge in [0.05, 0.1) is 0 Å². The van der Waals surface area contributed by atoms with Crippen LogP contribution in [0.3, 0.4) is 0 Å². The molecular formula is C11H24N2O2. The molecule has 0 spiro atoms. The molecule has 0 aromatic rings. The monoisotopic (exact) mass is 216 g/mol. The topological polar surface area (TPSA) is 75.4 Å². The number of carbonyl (C=O) groups excluding carboxylic acids is 1. The standard InChI is InChI=1S/C11H24N2O2/c1-9(7-10(12)15)13-6-4-5-11(2,3)8-14/h9,13-14H,4-8H2,1-3H3,(H2,12,15). The fourth-order valence-electron chi connectivity index (χ4n) is 1.37. The van der Waals surface area contributed by atoms with Crippen molar-refractivity contribution >= 4 is 5.91 Å². The molecule has 0 fully saturated rings. The molecule has 0 rings (SSSR count). The molecule has 0 aliphatic heterocycles. The van der Waals surface area contributed by atoms with E-state index in [1.165, 1.54) is 0 Å². The van der Waals surface area contributed by atoms with E-state index in [1.807, 2.05) is 20.8 Å². The van der Waals surface area contributed by atoms with Gasteiger partial charge in [0.2, 0.25) is 5.91 Å². The third-order valence-corrected chi connectivity index (χ3v) is 2.46. The van der Waals surface area contributed by atoms with Gasteiger partial charge in [-0.1, -0.05) is 13.8 Å². The molecule has 0 aliphatic rings. The lowest BCUT2D eigenvalue weighted by atomic mass is 9.89. The average molecular weight is 216 g/mol. The van der Waals surface area contributed by atoms with Crippen molar-refractivity contribution in [3.63, 3.8) is 0 Å². The highest BCUT2D eigenvalue weighted by Crippen LogP contribution is 2.20. The molecular weight excluding hydrogens is 192 g/mol. The minimum Gasteiger partial charge on any atom is -0.396 e. The summed E-state index contributed by atoms with van der Waals surface area (Å²) in [6.07, 6.45) is 2.35. The van der Waals surface area contributed by atoms with Crippen LogP contribution >= 0.6 is 0 Å². The lowest BCUT2D eigenvalue weighted by Gasteiger charge is -2.21. The quantitative estimate of drug-likeness (QED) is 0.521. The van der Waals surface area contributed by atoms with E-state index in [2.05, 4.69) is 5.32 Å². The molecule has 1 unspecified atom stereocenters. The summed E-state index contributed by atoms with van der Waals surface area (Å²) in [5.74, 6) is -0.273. The molecule has 0 aromatic carbocycles. The van der Waals surface area contributed by atoms with Crippen molar-refractivity contribution in [3.05, 3.63) is 0 Å². The summed E-state index contributed by atoms with van der Waals surface area (Å²) in [6.45, 7) is 7.10. The molecule has 90 valence electrons. The van der Waals surface area contributed by atoms with Crippen LogP contribution in [0.4, 0.5) is 0 Å². The molecule has 0 aliphatic carbocycles. The summed E-state index contributed by atoms with van der Waals surface area (Å²) in [7, 11) is 0. The lowest BCUT2D eigenvalue weighted by Crippen LogP contribution is -2.32. The van der Waals surface area contributed by atoms with Crippen LogP contribution in [0, 0.1) is 5.41 Å². The third kappa shape index (κ3) is 8.39. The number of amides is 1. The molecule has 0 bridgehead atoms. The second kappa shape index (κ2) is 6.80. The van der Waals surface area contributed by atoms with Crippen molar-refractivity contribution in [3.8, 4) is 0 Å². The van der Waals surface area contributed by atoms with E-state index < -0.39 is 0 Å². The Hall–Kier alpha value is -0.610. The van der Waals surface area contributed by atoms with Gasteiger partial charge in [0.15, 0.2) is 0 Å². The largest absolute Gasteiger partial charge is 0.396 e. The minimum absolute atomic E-state index is 0.00535. The van der Waals surface area contributed by atoms with Gasteiger partial charge in [-0.25, -0.2) is 0 Å². The van der Waals surface area contributed by atoms with Gasteiger partial charge >= 0.3 is 0 Å². The van der Waals surface area contributed by atoms with Crippen LogP contribution in [0.1, 0.15) is 40.0 Å². The summed E-state index contributed by atoms with van der Waals surface area (Å²) in [4.78, 5) is 10.6. The van der Waals surface area contributed by atoms with Gasteiger partial charge in [-0.05, 0) is 31.7 Å². The fourth-order valence-corrected chi connectivity index (χ4v) is 1.37. The van der Waals surface area contributed by atoms with Crippen LogP contribution in [0.2, 0.25) is 0 Å². The maximum absolute atomic E-state index is 10.6. The van der Waals surface area contributed by atoms with Crippen molar-refractivity contribution < 1.29 is 9.90 Å². The number of primary amides is 1. The van der Waals surface area contributed by atoms with Crippen LogP contribution in [0.15, 0.2) is 0 Å². The Morgan fingerprint density at radius 1 is 1.53 bits per heavy atom. The maximum atomic E-state index is 10.6. The highest BCUT2D eigenvalue weighted by molar-refractivity contribution is 5.74. The fraction of sp³-hybridized carbons (Fsp3) is 0.909. The normalized spacial score (nSPS) is 13.9. The van der Waals surface area contributed by atoms with Crippen LogP contribution < -0.4 is 11.1 Å². The second-order valence-electron chi connectivity index (χ2n) is 4.95. The van der Waals surface area contributed by atoms with Gasteiger partial charge in [-0.15, -0.1) is 0 Å². The first-order chi connectivity index (χ1) is 6.87. The number of hydrogen-bond donors (Lipinski definition) is 3. The summed E-state index contributed by atoms with van der Waals surface area (Å²) in [5, 5.41) is 12.3. The van der Waals surface area contributed by atoms with E-state index in [-0.39, 0.29) is 24.0 Å².